The van der Waals surface area contributed by atoms with Gasteiger partial charge < -0.3 is 14.8 Å². The fraction of sp³-hybridized carbons (Fsp3) is 0.105. The number of amides is 1. The molecule has 0 radical (unpaired) electrons. The summed E-state index contributed by atoms with van der Waals surface area (Å²) in [4.78, 5) is 14.0. The van der Waals surface area contributed by atoms with Gasteiger partial charge in [-0.2, -0.15) is 0 Å². The Morgan fingerprint density at radius 3 is 2.77 bits per heavy atom. The zero-order valence-electron chi connectivity index (χ0n) is 13.5. The monoisotopic (exact) mass is 403 g/mol. The van der Waals surface area contributed by atoms with Gasteiger partial charge in [-0.05, 0) is 35.2 Å². The minimum Gasteiger partial charge on any atom is -0.454 e. The molecule has 1 N–H and O–H groups in total. The topological polar surface area (TPSA) is 47.6 Å². The van der Waals surface area contributed by atoms with E-state index in [9.17, 15) is 4.79 Å². The summed E-state index contributed by atoms with van der Waals surface area (Å²) in [5.41, 5.74) is 1.74. The number of anilines is 1. The molecule has 0 bridgehead atoms. The Kier molecular flexibility index (Phi) is 5.06. The summed E-state index contributed by atoms with van der Waals surface area (Å²) in [5, 5.41) is 5.51. The Labute approximate surface area is 164 Å². The van der Waals surface area contributed by atoms with Crippen molar-refractivity contribution in [1.29, 1.82) is 0 Å². The SMILES string of the molecule is O=C(Nc1ccccc1SCc1cc2c(cc1Cl)OCO2)c1cccs1. The number of rotatable bonds is 5. The molecule has 1 amide bonds. The predicted molar refractivity (Wildman–Crippen MR) is 106 cm³/mol. The van der Waals surface area contributed by atoms with E-state index in [1.54, 1.807) is 17.8 Å². The number of ether oxygens (including phenoxy) is 2. The van der Waals surface area contributed by atoms with Gasteiger partial charge in [0.1, 0.15) is 0 Å². The number of thiophene rings is 1. The van der Waals surface area contributed by atoms with Crippen LogP contribution < -0.4 is 14.8 Å². The first-order chi connectivity index (χ1) is 12.7. The maximum Gasteiger partial charge on any atom is 0.265 e. The van der Waals surface area contributed by atoms with Crippen LogP contribution in [-0.2, 0) is 5.75 Å². The number of halogens is 1. The molecule has 0 unspecified atom stereocenters. The van der Waals surface area contributed by atoms with Crippen molar-refractivity contribution in [3.63, 3.8) is 0 Å². The Morgan fingerprint density at radius 1 is 1.15 bits per heavy atom. The molecule has 0 fully saturated rings. The molecule has 0 aliphatic carbocycles. The van der Waals surface area contributed by atoms with Gasteiger partial charge in [0.15, 0.2) is 11.5 Å². The third-order valence-electron chi connectivity index (χ3n) is 3.81. The van der Waals surface area contributed by atoms with Crippen molar-refractivity contribution in [2.24, 2.45) is 0 Å². The van der Waals surface area contributed by atoms with Crippen LogP contribution in [0.5, 0.6) is 11.5 Å². The molecule has 2 aromatic carbocycles. The van der Waals surface area contributed by atoms with Gasteiger partial charge in [0.2, 0.25) is 6.79 Å². The van der Waals surface area contributed by atoms with Crippen molar-refractivity contribution in [3.05, 3.63) is 69.4 Å². The van der Waals surface area contributed by atoms with Crippen LogP contribution in [0.3, 0.4) is 0 Å². The van der Waals surface area contributed by atoms with E-state index in [1.165, 1.54) is 11.3 Å². The molecule has 132 valence electrons. The van der Waals surface area contributed by atoms with Crippen molar-refractivity contribution < 1.29 is 14.3 Å². The average Bonchev–Trinajstić information content (AvgIpc) is 3.32. The summed E-state index contributed by atoms with van der Waals surface area (Å²) in [6.07, 6.45) is 0. The molecule has 26 heavy (non-hydrogen) atoms. The molecule has 0 saturated heterocycles. The van der Waals surface area contributed by atoms with Crippen molar-refractivity contribution in [1.82, 2.24) is 0 Å². The second-order valence-corrected chi connectivity index (χ2v) is 7.89. The van der Waals surface area contributed by atoms with Crippen LogP contribution in [0.25, 0.3) is 0 Å². The Morgan fingerprint density at radius 2 is 1.96 bits per heavy atom. The van der Waals surface area contributed by atoms with E-state index < -0.39 is 0 Å². The normalized spacial score (nSPS) is 12.2. The molecule has 7 heteroatoms. The lowest BCUT2D eigenvalue weighted by atomic mass is 10.2. The van der Waals surface area contributed by atoms with Gasteiger partial charge in [-0.1, -0.05) is 29.8 Å². The van der Waals surface area contributed by atoms with E-state index in [0.717, 1.165) is 16.1 Å². The zero-order chi connectivity index (χ0) is 17.9. The van der Waals surface area contributed by atoms with Crippen molar-refractivity contribution >= 4 is 46.3 Å². The highest BCUT2D eigenvalue weighted by Gasteiger charge is 2.17. The molecule has 0 spiro atoms. The van der Waals surface area contributed by atoms with Gasteiger partial charge in [0.05, 0.1) is 10.6 Å². The lowest BCUT2D eigenvalue weighted by molar-refractivity contribution is 0.103. The van der Waals surface area contributed by atoms with E-state index in [2.05, 4.69) is 5.32 Å². The van der Waals surface area contributed by atoms with Gasteiger partial charge in [-0.25, -0.2) is 0 Å². The summed E-state index contributed by atoms with van der Waals surface area (Å²) in [6.45, 7) is 0.222. The summed E-state index contributed by atoms with van der Waals surface area (Å²) < 4.78 is 10.8. The molecular weight excluding hydrogens is 390 g/mol. The first-order valence-corrected chi connectivity index (χ1v) is 10.1. The summed E-state index contributed by atoms with van der Waals surface area (Å²) in [7, 11) is 0. The van der Waals surface area contributed by atoms with E-state index in [4.69, 9.17) is 21.1 Å². The lowest BCUT2D eigenvalue weighted by Crippen LogP contribution is -2.10. The smallest absolute Gasteiger partial charge is 0.265 e. The number of para-hydroxylation sites is 1. The average molecular weight is 404 g/mol. The minimum atomic E-state index is -0.103. The summed E-state index contributed by atoms with van der Waals surface area (Å²) in [6, 6.07) is 15.1. The van der Waals surface area contributed by atoms with E-state index in [-0.39, 0.29) is 12.7 Å². The second-order valence-electron chi connectivity index (χ2n) is 5.51. The van der Waals surface area contributed by atoms with Crippen LogP contribution in [0.4, 0.5) is 5.69 Å². The summed E-state index contributed by atoms with van der Waals surface area (Å²) in [5.74, 6) is 1.94. The second kappa shape index (κ2) is 7.61. The molecule has 0 atom stereocenters. The zero-order valence-corrected chi connectivity index (χ0v) is 15.9. The number of nitrogens with one attached hydrogen (secondary N) is 1. The maximum atomic E-state index is 12.3. The Balaban J connectivity index is 1.50. The predicted octanol–water partition coefficient (Wildman–Crippen LogP) is 5.67. The fourth-order valence-corrected chi connectivity index (χ4v) is 4.43. The molecule has 0 saturated carbocycles. The van der Waals surface area contributed by atoms with Crippen molar-refractivity contribution in [2.45, 2.75) is 10.6 Å². The van der Waals surface area contributed by atoms with Crippen LogP contribution >= 0.6 is 34.7 Å². The highest BCUT2D eigenvalue weighted by molar-refractivity contribution is 7.98. The Hall–Kier alpha value is -2.15. The van der Waals surface area contributed by atoms with Gasteiger partial charge >= 0.3 is 0 Å². The minimum absolute atomic E-state index is 0.103. The number of thioether (sulfide) groups is 1. The number of carbonyl (C=O) groups excluding carboxylic acids is 1. The molecule has 1 aliphatic heterocycles. The highest BCUT2D eigenvalue weighted by atomic mass is 35.5. The quantitative estimate of drug-likeness (QED) is 0.557. The first-order valence-electron chi connectivity index (χ1n) is 7.85. The van der Waals surface area contributed by atoms with Crippen molar-refractivity contribution in [3.8, 4) is 11.5 Å². The third kappa shape index (κ3) is 3.67. The van der Waals surface area contributed by atoms with E-state index in [0.29, 0.717) is 27.2 Å². The Bertz CT molecular complexity index is 944. The lowest BCUT2D eigenvalue weighted by Gasteiger charge is -2.11. The molecule has 4 nitrogen and oxygen atoms in total. The third-order valence-corrected chi connectivity index (χ3v) is 6.15. The van der Waals surface area contributed by atoms with Crippen LogP contribution in [0.1, 0.15) is 15.2 Å². The maximum absolute atomic E-state index is 12.3. The first kappa shape index (κ1) is 17.3. The van der Waals surface area contributed by atoms with E-state index in [1.807, 2.05) is 47.8 Å². The molecule has 3 aromatic rings. The van der Waals surface area contributed by atoms with Gasteiger partial charge in [0.25, 0.3) is 5.91 Å². The van der Waals surface area contributed by atoms with Crippen LogP contribution in [0, 0.1) is 0 Å². The van der Waals surface area contributed by atoms with Gasteiger partial charge in [-0.15, -0.1) is 23.1 Å². The number of carbonyl (C=O) groups is 1. The van der Waals surface area contributed by atoms with Crippen LogP contribution in [0.15, 0.2) is 58.8 Å². The van der Waals surface area contributed by atoms with Crippen LogP contribution in [0.2, 0.25) is 5.02 Å². The molecule has 4 rings (SSSR count). The van der Waals surface area contributed by atoms with Gasteiger partial charge in [0, 0.05) is 21.7 Å². The van der Waals surface area contributed by atoms with Gasteiger partial charge in [-0.3, -0.25) is 4.79 Å². The van der Waals surface area contributed by atoms with Crippen LogP contribution in [-0.4, -0.2) is 12.7 Å². The highest BCUT2D eigenvalue weighted by Crippen LogP contribution is 2.39. The van der Waals surface area contributed by atoms with Crippen molar-refractivity contribution in [2.75, 3.05) is 12.1 Å². The largest absolute Gasteiger partial charge is 0.454 e. The summed E-state index contributed by atoms with van der Waals surface area (Å²) >= 11 is 9.37. The van der Waals surface area contributed by atoms with E-state index >= 15 is 0 Å². The fourth-order valence-electron chi connectivity index (χ4n) is 2.51. The molecule has 1 aromatic heterocycles. The molecular formula is C19H14ClNO3S2. The number of hydrogen-bond donors (Lipinski definition) is 1. The number of benzene rings is 2. The number of hydrogen-bond acceptors (Lipinski definition) is 5. The molecule has 1 aliphatic rings. The number of fused-ring (bicyclic) bond motifs is 1. The molecule has 2 heterocycles. The standard InChI is InChI=1S/C19H14ClNO3S2/c20-13-9-16-15(23-11-24-16)8-12(13)10-26-17-5-2-1-4-14(17)21-19(22)18-6-3-7-25-18/h1-9H,10-11H2,(H,21,22).